The number of aliphatic carboxylic acids is 1. The lowest BCUT2D eigenvalue weighted by atomic mass is 9.88. The summed E-state index contributed by atoms with van der Waals surface area (Å²) in [6.07, 6.45) is 2.09. The van der Waals surface area contributed by atoms with Crippen LogP contribution in [-0.4, -0.2) is 34.0 Å². The van der Waals surface area contributed by atoms with E-state index in [1.165, 1.54) is 4.90 Å². The van der Waals surface area contributed by atoms with Gasteiger partial charge in [0.25, 0.3) is 5.91 Å². The molecule has 1 aliphatic rings. The fraction of sp³-hybridized carbons (Fsp3) is 0.375. The van der Waals surface area contributed by atoms with Crippen LogP contribution in [-0.2, 0) is 4.79 Å². The highest BCUT2D eigenvalue weighted by Crippen LogP contribution is 2.31. The Morgan fingerprint density at radius 2 is 2.05 bits per heavy atom. The van der Waals surface area contributed by atoms with E-state index >= 15 is 0 Å². The highest BCUT2D eigenvalue weighted by atomic mass is 16.4. The summed E-state index contributed by atoms with van der Waals surface area (Å²) in [6.45, 7) is 2.05. The van der Waals surface area contributed by atoms with Crippen molar-refractivity contribution >= 4 is 22.8 Å². The molecule has 3 rings (SSSR count). The number of hydrogen-bond donors (Lipinski definition) is 1. The number of rotatable bonds is 2. The maximum absolute atomic E-state index is 12.7. The van der Waals surface area contributed by atoms with Gasteiger partial charge in [-0.15, -0.1) is 0 Å². The quantitative estimate of drug-likeness (QED) is 0.922. The van der Waals surface area contributed by atoms with Gasteiger partial charge in [0.1, 0.15) is 11.1 Å². The summed E-state index contributed by atoms with van der Waals surface area (Å²) < 4.78 is 5.57. The van der Waals surface area contributed by atoms with Crippen molar-refractivity contribution in [3.05, 3.63) is 36.1 Å². The second kappa shape index (κ2) is 4.91. The predicted molar refractivity (Wildman–Crippen MR) is 77.1 cm³/mol. The van der Waals surface area contributed by atoms with Crippen molar-refractivity contribution in [2.24, 2.45) is 0 Å². The molecule has 1 N–H and O–H groups in total. The van der Waals surface area contributed by atoms with Crippen LogP contribution in [0.15, 0.2) is 34.7 Å². The first-order chi connectivity index (χ1) is 10.0. The number of fused-ring (bicyclic) bond motifs is 1. The molecule has 0 bridgehead atoms. The van der Waals surface area contributed by atoms with E-state index in [1.807, 2.05) is 18.2 Å². The summed E-state index contributed by atoms with van der Waals surface area (Å²) in [7, 11) is 0. The van der Waals surface area contributed by atoms with Crippen molar-refractivity contribution in [1.82, 2.24) is 4.90 Å². The fourth-order valence-corrected chi connectivity index (χ4v) is 2.89. The SMILES string of the molecule is CC1(C(=O)O)CCCCN1C(=O)c1cc2ccccc2o1. The van der Waals surface area contributed by atoms with E-state index in [0.717, 1.165) is 18.2 Å². The molecule has 1 aliphatic heterocycles. The first kappa shape index (κ1) is 13.7. The van der Waals surface area contributed by atoms with Gasteiger partial charge in [-0.3, -0.25) is 4.79 Å². The molecule has 1 amide bonds. The Balaban J connectivity index is 1.97. The van der Waals surface area contributed by atoms with E-state index in [2.05, 4.69) is 0 Å². The third kappa shape index (κ3) is 2.18. The molecule has 5 heteroatoms. The Morgan fingerprint density at radius 3 is 2.76 bits per heavy atom. The second-order valence-corrected chi connectivity index (χ2v) is 5.64. The highest BCUT2D eigenvalue weighted by molar-refractivity contribution is 5.99. The van der Waals surface area contributed by atoms with E-state index in [-0.39, 0.29) is 11.7 Å². The topological polar surface area (TPSA) is 70.8 Å². The lowest BCUT2D eigenvalue weighted by Gasteiger charge is -2.41. The van der Waals surface area contributed by atoms with E-state index in [4.69, 9.17) is 4.42 Å². The molecular weight excluding hydrogens is 270 g/mol. The third-order valence-corrected chi connectivity index (χ3v) is 4.23. The molecule has 21 heavy (non-hydrogen) atoms. The number of furan rings is 1. The number of likely N-dealkylation sites (tertiary alicyclic amines) is 1. The normalized spacial score (nSPS) is 22.4. The van der Waals surface area contributed by atoms with Crippen LogP contribution in [0.5, 0.6) is 0 Å². The number of carbonyl (C=O) groups is 2. The highest BCUT2D eigenvalue weighted by Gasteiger charge is 2.44. The summed E-state index contributed by atoms with van der Waals surface area (Å²) in [5.74, 6) is -1.12. The summed E-state index contributed by atoms with van der Waals surface area (Å²) in [5, 5.41) is 10.3. The largest absolute Gasteiger partial charge is 0.480 e. The molecule has 0 aliphatic carbocycles. The van der Waals surface area contributed by atoms with Crippen molar-refractivity contribution in [2.75, 3.05) is 6.54 Å². The van der Waals surface area contributed by atoms with Crippen LogP contribution >= 0.6 is 0 Å². The van der Waals surface area contributed by atoms with Crippen LogP contribution in [0.2, 0.25) is 0 Å². The molecule has 1 saturated heterocycles. The molecule has 5 nitrogen and oxygen atoms in total. The summed E-state index contributed by atoms with van der Waals surface area (Å²) in [5.41, 5.74) is -0.524. The van der Waals surface area contributed by atoms with Gasteiger partial charge in [0.15, 0.2) is 5.76 Å². The van der Waals surface area contributed by atoms with Gasteiger partial charge >= 0.3 is 5.97 Å². The van der Waals surface area contributed by atoms with Crippen LogP contribution in [0.25, 0.3) is 11.0 Å². The number of piperidine rings is 1. The molecule has 0 spiro atoms. The second-order valence-electron chi connectivity index (χ2n) is 5.64. The van der Waals surface area contributed by atoms with Crippen LogP contribution in [0, 0.1) is 0 Å². The zero-order chi connectivity index (χ0) is 15.0. The van der Waals surface area contributed by atoms with Gasteiger partial charge in [-0.2, -0.15) is 0 Å². The van der Waals surface area contributed by atoms with Gasteiger partial charge in [0.05, 0.1) is 0 Å². The van der Waals surface area contributed by atoms with Crippen molar-refractivity contribution < 1.29 is 19.1 Å². The molecule has 0 radical (unpaired) electrons. The average Bonchev–Trinajstić information content (AvgIpc) is 2.91. The maximum atomic E-state index is 12.7. The number of nitrogens with zero attached hydrogens (tertiary/aromatic N) is 1. The minimum atomic E-state index is -1.16. The number of carboxylic acids is 1. The van der Waals surface area contributed by atoms with Crippen molar-refractivity contribution in [1.29, 1.82) is 0 Å². The van der Waals surface area contributed by atoms with E-state index in [9.17, 15) is 14.7 Å². The average molecular weight is 287 g/mol. The van der Waals surface area contributed by atoms with E-state index < -0.39 is 11.5 Å². The zero-order valence-electron chi connectivity index (χ0n) is 11.8. The Bertz CT molecular complexity index is 672. The molecule has 0 saturated carbocycles. The Kier molecular flexibility index (Phi) is 3.20. The smallest absolute Gasteiger partial charge is 0.329 e. The molecule has 1 atom stereocenters. The molecule has 2 heterocycles. The minimum Gasteiger partial charge on any atom is -0.480 e. The summed E-state index contributed by atoms with van der Waals surface area (Å²) in [4.78, 5) is 25.7. The van der Waals surface area contributed by atoms with Crippen molar-refractivity contribution in [2.45, 2.75) is 31.7 Å². The van der Waals surface area contributed by atoms with E-state index in [0.29, 0.717) is 18.5 Å². The fourth-order valence-electron chi connectivity index (χ4n) is 2.89. The van der Waals surface area contributed by atoms with Crippen LogP contribution in [0.4, 0.5) is 0 Å². The third-order valence-electron chi connectivity index (χ3n) is 4.23. The number of carboxylic acid groups (broad SMARTS) is 1. The van der Waals surface area contributed by atoms with Gasteiger partial charge in [-0.05, 0) is 38.3 Å². The first-order valence-corrected chi connectivity index (χ1v) is 7.06. The molecule has 2 aromatic rings. The molecule has 110 valence electrons. The standard InChI is InChI=1S/C16H17NO4/c1-16(15(19)20)8-4-5-9-17(16)14(18)13-10-11-6-2-3-7-12(11)21-13/h2-3,6-7,10H,4-5,8-9H2,1H3,(H,19,20). The number of para-hydroxylation sites is 1. The maximum Gasteiger partial charge on any atom is 0.329 e. The zero-order valence-corrected chi connectivity index (χ0v) is 11.8. The van der Waals surface area contributed by atoms with Crippen LogP contribution in [0.1, 0.15) is 36.7 Å². The lowest BCUT2D eigenvalue weighted by Crippen LogP contribution is -2.57. The van der Waals surface area contributed by atoms with Crippen molar-refractivity contribution in [3.8, 4) is 0 Å². The van der Waals surface area contributed by atoms with Crippen LogP contribution in [0.3, 0.4) is 0 Å². The Hall–Kier alpha value is -2.30. The monoisotopic (exact) mass is 287 g/mol. The van der Waals surface area contributed by atoms with Crippen LogP contribution < -0.4 is 0 Å². The van der Waals surface area contributed by atoms with Gasteiger partial charge < -0.3 is 14.4 Å². The Morgan fingerprint density at radius 1 is 1.29 bits per heavy atom. The number of amides is 1. The van der Waals surface area contributed by atoms with Gasteiger partial charge in [0.2, 0.25) is 0 Å². The predicted octanol–water partition coefficient (Wildman–Crippen LogP) is 2.90. The van der Waals surface area contributed by atoms with Crippen molar-refractivity contribution in [3.63, 3.8) is 0 Å². The van der Waals surface area contributed by atoms with Gasteiger partial charge in [0, 0.05) is 11.9 Å². The molecule has 1 aromatic heterocycles. The minimum absolute atomic E-state index is 0.200. The molecule has 1 unspecified atom stereocenters. The number of hydrogen-bond acceptors (Lipinski definition) is 3. The van der Waals surface area contributed by atoms with E-state index in [1.54, 1.807) is 19.1 Å². The lowest BCUT2D eigenvalue weighted by molar-refractivity contribution is -0.150. The summed E-state index contributed by atoms with van der Waals surface area (Å²) in [6, 6.07) is 9.03. The van der Waals surface area contributed by atoms with Gasteiger partial charge in [-0.1, -0.05) is 18.2 Å². The molecular formula is C16H17NO4. The summed E-state index contributed by atoms with van der Waals surface area (Å²) >= 11 is 0. The number of benzene rings is 1. The number of carbonyl (C=O) groups excluding carboxylic acids is 1. The molecule has 1 fully saturated rings. The molecule has 1 aromatic carbocycles. The van der Waals surface area contributed by atoms with Gasteiger partial charge in [-0.25, -0.2) is 4.79 Å². The Labute approximate surface area is 122 Å². The first-order valence-electron chi connectivity index (χ1n) is 7.06.